The van der Waals surface area contributed by atoms with E-state index in [9.17, 15) is 27.2 Å². The monoisotopic (exact) mass is 414 g/mol. The van der Waals surface area contributed by atoms with Crippen LogP contribution in [0.2, 0.25) is 0 Å². The summed E-state index contributed by atoms with van der Waals surface area (Å²) in [5.41, 5.74) is -0.958. The summed E-state index contributed by atoms with van der Waals surface area (Å²) in [7, 11) is 0. The number of nitrogens with zero attached hydrogens (tertiary/aromatic N) is 2. The fraction of sp³-hybridized carbons (Fsp3) is 0.444. The van der Waals surface area contributed by atoms with Gasteiger partial charge in [-0.25, -0.2) is 14.4 Å². The number of anilines is 1. The summed E-state index contributed by atoms with van der Waals surface area (Å²) in [6.45, 7) is 1.53. The van der Waals surface area contributed by atoms with Gasteiger partial charge < -0.3 is 10.1 Å². The van der Waals surface area contributed by atoms with E-state index in [1.807, 2.05) is 0 Å². The molecule has 0 saturated heterocycles. The van der Waals surface area contributed by atoms with Gasteiger partial charge in [0.2, 0.25) is 11.9 Å². The fourth-order valence-corrected chi connectivity index (χ4v) is 2.68. The van der Waals surface area contributed by atoms with Crippen LogP contribution in [0.15, 0.2) is 36.0 Å². The summed E-state index contributed by atoms with van der Waals surface area (Å²) in [5.74, 6) is -2.81. The second-order valence-electron chi connectivity index (χ2n) is 7.19. The maximum Gasteiger partial charge on any atom is 0.573 e. The molecule has 2 amide bonds. The third-order valence-corrected chi connectivity index (χ3v) is 4.41. The molecule has 0 bridgehead atoms. The molecule has 11 heteroatoms. The van der Waals surface area contributed by atoms with E-state index in [0.29, 0.717) is 0 Å². The number of carbonyl (C=O) groups excluding carboxylic acids is 2. The maximum absolute atomic E-state index is 14.0. The highest BCUT2D eigenvalue weighted by atomic mass is 19.4. The van der Waals surface area contributed by atoms with E-state index in [1.54, 1.807) is 6.92 Å². The normalized spacial score (nSPS) is 21.7. The zero-order valence-corrected chi connectivity index (χ0v) is 15.3. The minimum absolute atomic E-state index is 0.00115. The molecule has 2 aliphatic rings. The van der Waals surface area contributed by atoms with E-state index in [-0.39, 0.29) is 36.4 Å². The van der Waals surface area contributed by atoms with Crippen LogP contribution in [-0.2, 0) is 9.53 Å². The van der Waals surface area contributed by atoms with Gasteiger partial charge in [0.25, 0.3) is 5.91 Å². The van der Waals surface area contributed by atoms with Crippen molar-refractivity contribution in [2.45, 2.75) is 32.5 Å². The van der Waals surface area contributed by atoms with Crippen molar-refractivity contribution >= 4 is 17.8 Å². The number of halogens is 4. The predicted molar refractivity (Wildman–Crippen MR) is 92.9 cm³/mol. The average molecular weight is 414 g/mol. The van der Waals surface area contributed by atoms with E-state index in [1.165, 1.54) is 18.3 Å². The Hall–Kier alpha value is -2.98. The highest BCUT2D eigenvalue weighted by molar-refractivity contribution is 5.94. The molecule has 0 aromatic carbocycles. The number of allylic oxidation sites excluding steroid dienone is 2. The number of hydrogen-bond donors (Lipinski definition) is 2. The highest BCUT2D eigenvalue weighted by Crippen LogP contribution is 2.36. The molecule has 29 heavy (non-hydrogen) atoms. The van der Waals surface area contributed by atoms with Gasteiger partial charge in [-0.15, -0.1) is 13.2 Å². The summed E-state index contributed by atoms with van der Waals surface area (Å²) >= 11 is 0. The van der Waals surface area contributed by atoms with E-state index in [2.05, 4.69) is 25.3 Å². The lowest BCUT2D eigenvalue weighted by atomic mass is 9.82. The summed E-state index contributed by atoms with van der Waals surface area (Å²) in [6.07, 6.45) is -0.193. The summed E-state index contributed by atoms with van der Waals surface area (Å²) < 4.78 is 54.4. The van der Waals surface area contributed by atoms with Crippen molar-refractivity contribution < 1.29 is 31.9 Å². The van der Waals surface area contributed by atoms with Crippen LogP contribution in [0.1, 0.15) is 36.7 Å². The van der Waals surface area contributed by atoms with Gasteiger partial charge in [-0.1, -0.05) is 13.0 Å². The van der Waals surface area contributed by atoms with Crippen LogP contribution in [0.5, 0.6) is 0 Å². The van der Waals surface area contributed by atoms with Crippen LogP contribution in [0.3, 0.4) is 0 Å². The molecule has 3 rings (SSSR count). The number of alkyl halides is 3. The molecule has 0 radical (unpaired) electrons. The Morgan fingerprint density at radius 3 is 2.69 bits per heavy atom. The van der Waals surface area contributed by atoms with Crippen molar-refractivity contribution in [3.05, 3.63) is 41.7 Å². The van der Waals surface area contributed by atoms with Crippen molar-refractivity contribution in [1.82, 2.24) is 15.3 Å². The Balaban J connectivity index is 1.58. The molecule has 2 N–H and O–H groups in total. The van der Waals surface area contributed by atoms with Crippen LogP contribution in [-0.4, -0.2) is 34.7 Å². The Bertz CT molecular complexity index is 880. The van der Waals surface area contributed by atoms with Gasteiger partial charge in [-0.3, -0.25) is 14.9 Å². The lowest BCUT2D eigenvalue weighted by molar-refractivity contribution is -0.304. The third-order valence-electron chi connectivity index (χ3n) is 4.41. The zero-order chi connectivity index (χ0) is 21.2. The first kappa shape index (κ1) is 20.7. The number of aromatic nitrogens is 2. The molecule has 1 saturated carbocycles. The molecular weight excluding hydrogens is 396 g/mol. The first-order valence-corrected chi connectivity index (χ1v) is 8.80. The number of ether oxygens (including phenoxy) is 1. The Morgan fingerprint density at radius 1 is 1.34 bits per heavy atom. The number of rotatable bonds is 6. The van der Waals surface area contributed by atoms with Crippen LogP contribution < -0.4 is 10.6 Å². The highest BCUT2D eigenvalue weighted by Gasteiger charge is 2.36. The van der Waals surface area contributed by atoms with Crippen molar-refractivity contribution in [2.24, 2.45) is 11.3 Å². The number of amides is 2. The summed E-state index contributed by atoms with van der Waals surface area (Å²) in [6, 6.07) is 1.34. The molecule has 1 fully saturated rings. The largest absolute Gasteiger partial charge is 0.573 e. The Morgan fingerprint density at radius 2 is 2.07 bits per heavy atom. The molecule has 1 heterocycles. The summed E-state index contributed by atoms with van der Waals surface area (Å²) in [5, 5.41) is 5.09. The minimum atomic E-state index is -4.99. The molecule has 0 aliphatic heterocycles. The molecule has 1 aromatic rings. The minimum Gasteiger partial charge on any atom is -0.403 e. The number of nitrogens with one attached hydrogen (secondary N) is 2. The van der Waals surface area contributed by atoms with Gasteiger partial charge in [0, 0.05) is 30.5 Å². The van der Waals surface area contributed by atoms with E-state index < -0.39 is 29.3 Å². The van der Waals surface area contributed by atoms with Gasteiger partial charge in [0.1, 0.15) is 11.5 Å². The zero-order valence-electron chi connectivity index (χ0n) is 15.3. The SMILES string of the molecule is CC1(CNC(=O)c2ccnc(NC(=O)C3CC3)n2)C=CC(OC(F)(F)F)=C(F)C1. The van der Waals surface area contributed by atoms with Crippen LogP contribution in [0, 0.1) is 11.3 Å². The summed E-state index contributed by atoms with van der Waals surface area (Å²) in [4.78, 5) is 31.9. The van der Waals surface area contributed by atoms with Gasteiger partial charge in [-0.05, 0) is 25.0 Å². The lowest BCUT2D eigenvalue weighted by Gasteiger charge is -2.29. The molecule has 1 unspecified atom stereocenters. The second-order valence-corrected chi connectivity index (χ2v) is 7.19. The van der Waals surface area contributed by atoms with Crippen molar-refractivity contribution in [3.63, 3.8) is 0 Å². The molecule has 7 nitrogen and oxygen atoms in total. The lowest BCUT2D eigenvalue weighted by Crippen LogP contribution is -2.36. The quantitative estimate of drug-likeness (QED) is 0.698. The number of hydrogen-bond acceptors (Lipinski definition) is 5. The van der Waals surface area contributed by atoms with E-state index >= 15 is 0 Å². The van der Waals surface area contributed by atoms with Crippen molar-refractivity contribution in [2.75, 3.05) is 11.9 Å². The topological polar surface area (TPSA) is 93.2 Å². The van der Waals surface area contributed by atoms with Gasteiger partial charge in [0.15, 0.2) is 5.76 Å². The van der Waals surface area contributed by atoms with Crippen molar-refractivity contribution in [1.29, 1.82) is 0 Å². The first-order valence-electron chi connectivity index (χ1n) is 8.80. The second kappa shape index (κ2) is 7.80. The van der Waals surface area contributed by atoms with Gasteiger partial charge in [-0.2, -0.15) is 0 Å². The fourth-order valence-electron chi connectivity index (χ4n) is 2.68. The molecule has 2 aliphatic carbocycles. The van der Waals surface area contributed by atoms with Crippen molar-refractivity contribution in [3.8, 4) is 0 Å². The van der Waals surface area contributed by atoms with Crippen LogP contribution >= 0.6 is 0 Å². The van der Waals surface area contributed by atoms with E-state index in [0.717, 1.165) is 18.9 Å². The van der Waals surface area contributed by atoms with Crippen LogP contribution in [0.4, 0.5) is 23.5 Å². The Labute approximate surface area is 163 Å². The standard InChI is InChI=1S/C18H18F4N4O3/c1-17(6-4-13(11(19)8-17)29-18(20,21)22)9-24-15(28)12-5-7-23-16(25-12)26-14(27)10-2-3-10/h4-7,10H,2-3,8-9H2,1H3,(H,24,28)(H,23,25,26,27). The molecule has 1 aromatic heterocycles. The third kappa shape index (κ3) is 5.75. The Kier molecular flexibility index (Phi) is 5.58. The van der Waals surface area contributed by atoms with E-state index in [4.69, 9.17) is 0 Å². The molecule has 156 valence electrons. The first-order chi connectivity index (χ1) is 13.5. The van der Waals surface area contributed by atoms with Crippen LogP contribution in [0.25, 0.3) is 0 Å². The van der Waals surface area contributed by atoms with Gasteiger partial charge >= 0.3 is 6.36 Å². The molecule has 0 spiro atoms. The molecule has 1 atom stereocenters. The smallest absolute Gasteiger partial charge is 0.403 e. The number of carbonyl (C=O) groups is 2. The molecular formula is C18H18F4N4O3. The maximum atomic E-state index is 14.0. The van der Waals surface area contributed by atoms with Gasteiger partial charge in [0.05, 0.1) is 0 Å². The average Bonchev–Trinajstić information content (AvgIpc) is 3.47. The predicted octanol–water partition coefficient (Wildman–Crippen LogP) is 3.24.